The Kier molecular flexibility index (Phi) is 13.5. The lowest BCUT2D eigenvalue weighted by molar-refractivity contribution is 0.226. The van der Waals surface area contributed by atoms with Gasteiger partial charge in [0.25, 0.3) is 0 Å². The van der Waals surface area contributed by atoms with Crippen LogP contribution >= 0.6 is 0 Å². The van der Waals surface area contributed by atoms with Crippen molar-refractivity contribution in [1.29, 1.82) is 0 Å². The SMILES string of the molecule is CCCN(CCC)CC(C)(C)N.CCN(CC)CC(C)(C)N. The van der Waals surface area contributed by atoms with Gasteiger partial charge in [-0.15, -0.1) is 0 Å². The molecule has 136 valence electrons. The Morgan fingerprint density at radius 3 is 1.14 bits per heavy atom. The van der Waals surface area contributed by atoms with Crippen molar-refractivity contribution in [3.63, 3.8) is 0 Å². The number of rotatable bonds is 10. The van der Waals surface area contributed by atoms with Gasteiger partial charge < -0.3 is 21.3 Å². The molecule has 0 heterocycles. The van der Waals surface area contributed by atoms with Crippen LogP contribution in [0.2, 0.25) is 0 Å². The van der Waals surface area contributed by atoms with Crippen molar-refractivity contribution in [2.45, 2.75) is 79.3 Å². The molecular weight excluding hydrogens is 272 g/mol. The molecule has 4 N–H and O–H groups in total. The highest BCUT2D eigenvalue weighted by Crippen LogP contribution is 2.03. The van der Waals surface area contributed by atoms with Crippen molar-refractivity contribution in [1.82, 2.24) is 9.80 Å². The summed E-state index contributed by atoms with van der Waals surface area (Å²) in [7, 11) is 0. The van der Waals surface area contributed by atoms with E-state index in [1.54, 1.807) is 0 Å². The molecule has 4 nitrogen and oxygen atoms in total. The molecule has 0 aliphatic carbocycles. The van der Waals surface area contributed by atoms with Crippen molar-refractivity contribution in [3.8, 4) is 0 Å². The van der Waals surface area contributed by atoms with Crippen LogP contribution in [0, 0.1) is 0 Å². The third kappa shape index (κ3) is 17.9. The molecule has 0 radical (unpaired) electrons. The highest BCUT2D eigenvalue weighted by Gasteiger charge is 2.15. The van der Waals surface area contributed by atoms with Gasteiger partial charge in [-0.3, -0.25) is 0 Å². The third-order valence-electron chi connectivity index (χ3n) is 3.24. The monoisotopic (exact) mass is 316 g/mol. The molecule has 0 saturated heterocycles. The molecule has 0 aromatic carbocycles. The second-order valence-electron chi connectivity index (χ2n) is 7.71. The third-order valence-corrected chi connectivity index (χ3v) is 3.24. The van der Waals surface area contributed by atoms with Crippen LogP contribution in [0.1, 0.15) is 68.2 Å². The molecule has 0 atom stereocenters. The maximum Gasteiger partial charge on any atom is 0.0226 e. The lowest BCUT2D eigenvalue weighted by atomic mass is 10.1. The minimum absolute atomic E-state index is 0.0496. The van der Waals surface area contributed by atoms with Gasteiger partial charge in [0.05, 0.1) is 0 Å². The molecule has 0 bridgehead atoms. The molecule has 0 aromatic heterocycles. The number of nitrogens with zero attached hydrogens (tertiary/aromatic N) is 2. The first kappa shape index (κ1) is 24.1. The minimum atomic E-state index is -0.0513. The first-order chi connectivity index (χ1) is 9.99. The van der Waals surface area contributed by atoms with E-state index in [4.69, 9.17) is 11.5 Å². The van der Waals surface area contributed by atoms with Gasteiger partial charge in [-0.2, -0.15) is 0 Å². The Morgan fingerprint density at radius 2 is 0.955 bits per heavy atom. The maximum atomic E-state index is 5.96. The van der Waals surface area contributed by atoms with Crippen LogP contribution in [-0.4, -0.2) is 60.1 Å². The predicted octanol–water partition coefficient (Wildman–Crippen LogP) is 2.91. The van der Waals surface area contributed by atoms with Gasteiger partial charge in [-0.25, -0.2) is 0 Å². The Balaban J connectivity index is 0. The van der Waals surface area contributed by atoms with Crippen LogP contribution in [-0.2, 0) is 0 Å². The average molecular weight is 317 g/mol. The van der Waals surface area contributed by atoms with Gasteiger partial charge >= 0.3 is 0 Å². The molecule has 0 amide bonds. The molecule has 0 aromatic rings. The van der Waals surface area contributed by atoms with E-state index in [2.05, 4.69) is 65.2 Å². The highest BCUT2D eigenvalue weighted by atomic mass is 15.1. The van der Waals surface area contributed by atoms with Crippen LogP contribution in [0.5, 0.6) is 0 Å². The van der Waals surface area contributed by atoms with Gasteiger partial charge in [-0.1, -0.05) is 27.7 Å². The second-order valence-corrected chi connectivity index (χ2v) is 7.71. The van der Waals surface area contributed by atoms with E-state index in [-0.39, 0.29) is 11.1 Å². The van der Waals surface area contributed by atoms with Crippen LogP contribution in [0.15, 0.2) is 0 Å². The van der Waals surface area contributed by atoms with Gasteiger partial charge in [-0.05, 0) is 66.7 Å². The molecule has 0 aliphatic rings. The molecule has 22 heavy (non-hydrogen) atoms. The van der Waals surface area contributed by atoms with E-state index in [9.17, 15) is 0 Å². The van der Waals surface area contributed by atoms with Gasteiger partial charge in [0.15, 0.2) is 0 Å². The average Bonchev–Trinajstić information content (AvgIpc) is 2.34. The summed E-state index contributed by atoms with van der Waals surface area (Å²) in [5.41, 5.74) is 11.7. The molecule has 4 heteroatoms. The standard InChI is InChI=1S/C10H24N2.C8H20N2/c1-5-7-12(8-6-2)9-10(3,4)11;1-5-10(6-2)7-8(3,4)9/h5-9,11H2,1-4H3;5-7,9H2,1-4H3. The summed E-state index contributed by atoms with van der Waals surface area (Å²) in [6.07, 6.45) is 2.44. The Bertz CT molecular complexity index is 230. The number of nitrogens with two attached hydrogens (primary N) is 2. The summed E-state index contributed by atoms with van der Waals surface area (Å²) < 4.78 is 0. The van der Waals surface area contributed by atoms with E-state index in [1.165, 1.54) is 25.9 Å². The van der Waals surface area contributed by atoms with Crippen LogP contribution < -0.4 is 11.5 Å². The van der Waals surface area contributed by atoms with E-state index >= 15 is 0 Å². The fourth-order valence-electron chi connectivity index (χ4n) is 2.50. The quantitative estimate of drug-likeness (QED) is 0.650. The van der Waals surface area contributed by atoms with Crippen molar-refractivity contribution < 1.29 is 0 Å². The Morgan fingerprint density at radius 1 is 0.636 bits per heavy atom. The van der Waals surface area contributed by atoms with E-state index in [0.29, 0.717) is 0 Å². The zero-order valence-electron chi connectivity index (χ0n) is 16.7. The summed E-state index contributed by atoms with van der Waals surface area (Å²) in [4.78, 5) is 4.78. The first-order valence-electron chi connectivity index (χ1n) is 9.01. The number of hydrogen-bond donors (Lipinski definition) is 2. The summed E-state index contributed by atoms with van der Waals surface area (Å²) in [5.74, 6) is 0. The van der Waals surface area contributed by atoms with Crippen molar-refractivity contribution >= 4 is 0 Å². The van der Waals surface area contributed by atoms with Crippen molar-refractivity contribution in [3.05, 3.63) is 0 Å². The first-order valence-corrected chi connectivity index (χ1v) is 9.01. The maximum absolute atomic E-state index is 5.96. The van der Waals surface area contributed by atoms with Gasteiger partial charge in [0.1, 0.15) is 0 Å². The smallest absolute Gasteiger partial charge is 0.0226 e. The molecule has 0 rings (SSSR count). The van der Waals surface area contributed by atoms with Gasteiger partial charge in [0.2, 0.25) is 0 Å². The van der Waals surface area contributed by atoms with Crippen molar-refractivity contribution in [2.75, 3.05) is 39.3 Å². The van der Waals surface area contributed by atoms with Gasteiger partial charge in [0, 0.05) is 24.2 Å². The molecule has 0 spiro atoms. The lowest BCUT2D eigenvalue weighted by Gasteiger charge is -2.29. The summed E-state index contributed by atoms with van der Waals surface area (Å²) in [5, 5.41) is 0. The molecule has 0 saturated carbocycles. The summed E-state index contributed by atoms with van der Waals surface area (Å²) in [6, 6.07) is 0. The zero-order chi connectivity index (χ0) is 17.8. The fraction of sp³-hybridized carbons (Fsp3) is 1.00. The fourth-order valence-corrected chi connectivity index (χ4v) is 2.50. The van der Waals surface area contributed by atoms with Crippen LogP contribution in [0.4, 0.5) is 0 Å². The van der Waals surface area contributed by atoms with Crippen molar-refractivity contribution in [2.24, 2.45) is 11.5 Å². The minimum Gasteiger partial charge on any atom is -0.324 e. The lowest BCUT2D eigenvalue weighted by Crippen LogP contribution is -2.45. The number of hydrogen-bond acceptors (Lipinski definition) is 4. The molecule has 0 fully saturated rings. The highest BCUT2D eigenvalue weighted by molar-refractivity contribution is 4.77. The second kappa shape index (κ2) is 12.3. The van der Waals surface area contributed by atoms with E-state index in [1.807, 2.05) is 0 Å². The Labute approximate surface area is 140 Å². The summed E-state index contributed by atoms with van der Waals surface area (Å²) in [6.45, 7) is 23.6. The van der Waals surface area contributed by atoms with E-state index < -0.39 is 0 Å². The zero-order valence-corrected chi connectivity index (χ0v) is 16.7. The molecule has 0 aliphatic heterocycles. The molecule has 0 unspecified atom stereocenters. The number of likely N-dealkylation sites (N-methyl/N-ethyl adjacent to an activating group) is 1. The normalized spacial score (nSPS) is 12.5. The van der Waals surface area contributed by atoms with Crippen LogP contribution in [0.25, 0.3) is 0 Å². The van der Waals surface area contributed by atoms with Crippen LogP contribution in [0.3, 0.4) is 0 Å². The largest absolute Gasteiger partial charge is 0.324 e. The topological polar surface area (TPSA) is 58.5 Å². The van der Waals surface area contributed by atoms with E-state index in [0.717, 1.165) is 26.2 Å². The Hall–Kier alpha value is -0.160. The molecular formula is C18H44N4. The summed E-state index contributed by atoms with van der Waals surface area (Å²) >= 11 is 0. The predicted molar refractivity (Wildman–Crippen MR) is 101 cm³/mol.